The van der Waals surface area contributed by atoms with Crippen molar-refractivity contribution in [3.8, 4) is 0 Å². The highest BCUT2D eigenvalue weighted by Crippen LogP contribution is 2.25. The third-order valence-electron chi connectivity index (χ3n) is 3.55. The summed E-state index contributed by atoms with van der Waals surface area (Å²) in [5, 5.41) is 6.85. The molecule has 0 saturated heterocycles. The van der Waals surface area contributed by atoms with Crippen molar-refractivity contribution in [2.45, 2.75) is 45.6 Å². The Hall–Kier alpha value is -1.85. The quantitative estimate of drug-likeness (QED) is 0.863. The van der Waals surface area contributed by atoms with Crippen LogP contribution < -0.4 is 11.1 Å². The van der Waals surface area contributed by atoms with Crippen LogP contribution in [0.25, 0.3) is 0 Å². The third kappa shape index (κ3) is 3.13. The molecule has 0 unspecified atom stereocenters. The first-order chi connectivity index (χ1) is 9.11. The number of aryl methyl sites for hydroxylation is 1. The Balaban J connectivity index is 2.10. The van der Waals surface area contributed by atoms with E-state index in [9.17, 15) is 9.59 Å². The summed E-state index contributed by atoms with van der Waals surface area (Å²) in [6, 6.07) is 0. The van der Waals surface area contributed by atoms with Crippen molar-refractivity contribution in [2.24, 2.45) is 11.7 Å². The maximum absolute atomic E-state index is 12.1. The number of anilines is 1. The van der Waals surface area contributed by atoms with Gasteiger partial charge in [0.05, 0.1) is 5.69 Å². The van der Waals surface area contributed by atoms with Gasteiger partial charge in [-0.05, 0) is 19.8 Å². The molecular formula is C13H20N4O2. The zero-order valence-corrected chi connectivity index (χ0v) is 11.2. The van der Waals surface area contributed by atoms with Crippen LogP contribution in [0.3, 0.4) is 0 Å². The van der Waals surface area contributed by atoms with Gasteiger partial charge in [-0.3, -0.25) is 14.3 Å². The van der Waals surface area contributed by atoms with E-state index in [2.05, 4.69) is 10.4 Å². The zero-order valence-electron chi connectivity index (χ0n) is 11.2. The Bertz CT molecular complexity index is 475. The molecule has 1 aliphatic carbocycles. The van der Waals surface area contributed by atoms with Gasteiger partial charge in [0.15, 0.2) is 5.69 Å². The monoisotopic (exact) mass is 264 g/mol. The van der Waals surface area contributed by atoms with Gasteiger partial charge in [0.1, 0.15) is 0 Å². The molecule has 0 aromatic carbocycles. The largest absolute Gasteiger partial charge is 0.364 e. The molecule has 0 bridgehead atoms. The summed E-state index contributed by atoms with van der Waals surface area (Å²) < 4.78 is 1.59. The normalized spacial score (nSPS) is 16.3. The summed E-state index contributed by atoms with van der Waals surface area (Å²) in [7, 11) is 0. The standard InChI is InChI=1S/C13H20N4O2/c1-2-17-8-10(11(16-17)12(14)18)15-13(19)9-6-4-3-5-7-9/h8-9H,2-7H2,1H3,(H2,14,18)(H,15,19). The summed E-state index contributed by atoms with van der Waals surface area (Å²) in [5.41, 5.74) is 5.82. The van der Waals surface area contributed by atoms with Crippen molar-refractivity contribution in [1.29, 1.82) is 0 Å². The van der Waals surface area contributed by atoms with Crippen molar-refractivity contribution < 1.29 is 9.59 Å². The molecule has 1 aromatic rings. The number of amides is 2. The van der Waals surface area contributed by atoms with Gasteiger partial charge in [-0.25, -0.2) is 0 Å². The maximum Gasteiger partial charge on any atom is 0.271 e. The van der Waals surface area contributed by atoms with Crippen LogP contribution in [-0.4, -0.2) is 21.6 Å². The van der Waals surface area contributed by atoms with Crippen LogP contribution in [-0.2, 0) is 11.3 Å². The number of nitrogens with one attached hydrogen (secondary N) is 1. The molecule has 6 heteroatoms. The molecule has 0 radical (unpaired) electrons. The van der Waals surface area contributed by atoms with E-state index in [1.165, 1.54) is 6.42 Å². The molecule has 104 valence electrons. The fraction of sp³-hybridized carbons (Fsp3) is 0.615. The minimum atomic E-state index is -0.619. The molecule has 1 saturated carbocycles. The topological polar surface area (TPSA) is 90.0 Å². The van der Waals surface area contributed by atoms with Gasteiger partial charge in [0, 0.05) is 18.7 Å². The molecule has 1 fully saturated rings. The fourth-order valence-electron chi connectivity index (χ4n) is 2.46. The van der Waals surface area contributed by atoms with Crippen molar-refractivity contribution in [2.75, 3.05) is 5.32 Å². The number of nitrogens with zero attached hydrogens (tertiary/aromatic N) is 2. The van der Waals surface area contributed by atoms with Gasteiger partial charge in [-0.1, -0.05) is 19.3 Å². The second-order valence-corrected chi connectivity index (χ2v) is 4.94. The van der Waals surface area contributed by atoms with Crippen LogP contribution in [0.1, 0.15) is 49.5 Å². The van der Waals surface area contributed by atoms with Crippen molar-refractivity contribution >= 4 is 17.5 Å². The van der Waals surface area contributed by atoms with E-state index in [0.29, 0.717) is 12.2 Å². The Morgan fingerprint density at radius 1 is 1.42 bits per heavy atom. The van der Waals surface area contributed by atoms with Gasteiger partial charge in [0.2, 0.25) is 5.91 Å². The van der Waals surface area contributed by atoms with Crippen LogP contribution in [0.15, 0.2) is 6.20 Å². The molecule has 0 atom stereocenters. The highest BCUT2D eigenvalue weighted by molar-refractivity contribution is 6.02. The summed E-state index contributed by atoms with van der Waals surface area (Å²) in [6.07, 6.45) is 6.87. The van der Waals surface area contributed by atoms with Crippen molar-refractivity contribution in [3.63, 3.8) is 0 Å². The summed E-state index contributed by atoms with van der Waals surface area (Å²) in [5.74, 6) is -0.608. The number of aromatic nitrogens is 2. The van der Waals surface area contributed by atoms with E-state index in [4.69, 9.17) is 5.73 Å². The molecule has 3 N–H and O–H groups in total. The number of primary amides is 1. The van der Waals surface area contributed by atoms with Gasteiger partial charge in [-0.15, -0.1) is 0 Å². The van der Waals surface area contributed by atoms with Crippen LogP contribution in [0.2, 0.25) is 0 Å². The summed E-state index contributed by atoms with van der Waals surface area (Å²) in [6.45, 7) is 2.53. The number of carbonyl (C=O) groups is 2. The molecule has 1 aromatic heterocycles. The summed E-state index contributed by atoms with van der Waals surface area (Å²) >= 11 is 0. The van der Waals surface area contributed by atoms with E-state index in [0.717, 1.165) is 25.7 Å². The first kappa shape index (κ1) is 13.6. The Morgan fingerprint density at radius 3 is 2.68 bits per heavy atom. The fourth-order valence-corrected chi connectivity index (χ4v) is 2.46. The number of rotatable bonds is 4. The maximum atomic E-state index is 12.1. The molecule has 19 heavy (non-hydrogen) atoms. The molecule has 0 spiro atoms. The van der Waals surface area contributed by atoms with Crippen molar-refractivity contribution in [1.82, 2.24) is 9.78 Å². The molecular weight excluding hydrogens is 244 g/mol. The minimum absolute atomic E-state index is 0.0298. The van der Waals surface area contributed by atoms with Gasteiger partial charge in [-0.2, -0.15) is 5.10 Å². The zero-order chi connectivity index (χ0) is 13.8. The number of hydrogen-bond acceptors (Lipinski definition) is 3. The lowest BCUT2D eigenvalue weighted by atomic mass is 9.88. The molecule has 2 rings (SSSR count). The van der Waals surface area contributed by atoms with Gasteiger partial charge < -0.3 is 11.1 Å². The van der Waals surface area contributed by atoms with Gasteiger partial charge in [0.25, 0.3) is 5.91 Å². The smallest absolute Gasteiger partial charge is 0.271 e. The average Bonchev–Trinajstić information content (AvgIpc) is 2.83. The van der Waals surface area contributed by atoms with Crippen LogP contribution >= 0.6 is 0 Å². The third-order valence-corrected chi connectivity index (χ3v) is 3.55. The average molecular weight is 264 g/mol. The Labute approximate surface area is 112 Å². The molecule has 1 heterocycles. The van der Waals surface area contributed by atoms with Gasteiger partial charge >= 0.3 is 0 Å². The predicted octanol–water partition coefficient (Wildman–Crippen LogP) is 1.52. The van der Waals surface area contributed by atoms with E-state index in [-0.39, 0.29) is 17.5 Å². The van der Waals surface area contributed by atoms with E-state index in [1.54, 1.807) is 10.9 Å². The SMILES string of the molecule is CCn1cc(NC(=O)C2CCCCC2)c(C(N)=O)n1. The number of hydrogen-bond donors (Lipinski definition) is 2. The lowest BCUT2D eigenvalue weighted by molar-refractivity contribution is -0.120. The molecule has 0 aliphatic heterocycles. The second-order valence-electron chi connectivity index (χ2n) is 4.94. The first-order valence-electron chi connectivity index (χ1n) is 6.80. The van der Waals surface area contributed by atoms with E-state index < -0.39 is 5.91 Å². The second kappa shape index (κ2) is 5.86. The lowest BCUT2D eigenvalue weighted by Gasteiger charge is -2.20. The van der Waals surface area contributed by atoms with Crippen LogP contribution in [0.4, 0.5) is 5.69 Å². The predicted molar refractivity (Wildman–Crippen MR) is 71.6 cm³/mol. The Kier molecular flexibility index (Phi) is 4.19. The summed E-state index contributed by atoms with van der Waals surface area (Å²) in [4.78, 5) is 23.4. The number of carbonyl (C=O) groups excluding carboxylic acids is 2. The molecule has 2 amide bonds. The molecule has 1 aliphatic rings. The highest BCUT2D eigenvalue weighted by atomic mass is 16.2. The highest BCUT2D eigenvalue weighted by Gasteiger charge is 2.23. The molecule has 6 nitrogen and oxygen atoms in total. The lowest BCUT2D eigenvalue weighted by Crippen LogP contribution is -2.26. The first-order valence-corrected chi connectivity index (χ1v) is 6.80. The van der Waals surface area contributed by atoms with E-state index >= 15 is 0 Å². The number of nitrogens with two attached hydrogens (primary N) is 1. The van der Waals surface area contributed by atoms with Crippen LogP contribution in [0, 0.1) is 5.92 Å². The van der Waals surface area contributed by atoms with E-state index in [1.807, 2.05) is 6.92 Å². The Morgan fingerprint density at radius 2 is 2.11 bits per heavy atom. The van der Waals surface area contributed by atoms with Crippen LogP contribution in [0.5, 0.6) is 0 Å². The minimum Gasteiger partial charge on any atom is -0.364 e. The van der Waals surface area contributed by atoms with Crippen molar-refractivity contribution in [3.05, 3.63) is 11.9 Å².